The molecule has 1 aromatic carbocycles. The van der Waals surface area contributed by atoms with Gasteiger partial charge in [0, 0.05) is 25.4 Å². The molecule has 3 heteroatoms. The number of aryl methyl sites for hydroxylation is 1. The summed E-state index contributed by atoms with van der Waals surface area (Å²) in [6.45, 7) is 4.62. The largest absolute Gasteiger partial charge is 0.389 e. The van der Waals surface area contributed by atoms with E-state index >= 15 is 0 Å². The van der Waals surface area contributed by atoms with Gasteiger partial charge in [0.2, 0.25) is 0 Å². The number of pyridine rings is 1. The van der Waals surface area contributed by atoms with Crippen molar-refractivity contribution >= 4 is 5.82 Å². The highest BCUT2D eigenvalue weighted by atomic mass is 16.3. The lowest BCUT2D eigenvalue weighted by Gasteiger charge is -2.22. The normalized spacial score (nSPS) is 12.2. The molecule has 1 atom stereocenters. The average Bonchev–Trinajstić information content (AvgIpc) is 2.41. The molecule has 1 aromatic heterocycles. The van der Waals surface area contributed by atoms with Crippen molar-refractivity contribution in [3.05, 3.63) is 59.3 Å². The summed E-state index contributed by atoms with van der Waals surface area (Å²) in [5.41, 5.74) is 3.35. The molecule has 2 rings (SSSR count). The van der Waals surface area contributed by atoms with Gasteiger partial charge in [-0.15, -0.1) is 0 Å². The standard InChI is InChI=1S/C16H20N2O/c1-12-6-8-14(9-7-12)11-18(3)16-15(13(2)19)5-4-10-17-16/h4-10,13,19H,11H2,1-3H3/t13-/m1/s1. The predicted octanol–water partition coefficient (Wildman–Crippen LogP) is 3.08. The van der Waals surface area contributed by atoms with Crippen LogP contribution in [0.25, 0.3) is 0 Å². The Labute approximate surface area is 114 Å². The fourth-order valence-electron chi connectivity index (χ4n) is 2.10. The quantitative estimate of drug-likeness (QED) is 0.913. The summed E-state index contributed by atoms with van der Waals surface area (Å²) >= 11 is 0. The Morgan fingerprint density at radius 3 is 2.53 bits per heavy atom. The number of aliphatic hydroxyl groups is 1. The molecule has 2 aromatic rings. The van der Waals surface area contributed by atoms with E-state index in [0.29, 0.717) is 0 Å². The molecule has 0 aliphatic carbocycles. The maximum atomic E-state index is 9.79. The Hall–Kier alpha value is -1.87. The molecule has 0 spiro atoms. The van der Waals surface area contributed by atoms with Gasteiger partial charge in [-0.3, -0.25) is 0 Å². The van der Waals surface area contributed by atoms with Gasteiger partial charge in [0.25, 0.3) is 0 Å². The summed E-state index contributed by atoms with van der Waals surface area (Å²) in [5.74, 6) is 0.832. The second-order valence-electron chi connectivity index (χ2n) is 4.93. The van der Waals surface area contributed by atoms with Gasteiger partial charge in [0.1, 0.15) is 5.82 Å². The SMILES string of the molecule is Cc1ccc(CN(C)c2ncccc2[C@@H](C)O)cc1. The van der Waals surface area contributed by atoms with E-state index in [1.165, 1.54) is 11.1 Å². The summed E-state index contributed by atoms with van der Waals surface area (Å²) < 4.78 is 0. The van der Waals surface area contributed by atoms with Crippen molar-refractivity contribution in [2.75, 3.05) is 11.9 Å². The van der Waals surface area contributed by atoms with E-state index in [0.717, 1.165) is 17.9 Å². The molecule has 0 saturated carbocycles. The van der Waals surface area contributed by atoms with E-state index in [1.54, 1.807) is 13.1 Å². The minimum Gasteiger partial charge on any atom is -0.389 e. The number of aliphatic hydroxyl groups excluding tert-OH is 1. The number of hydrogen-bond donors (Lipinski definition) is 1. The van der Waals surface area contributed by atoms with Crippen molar-refractivity contribution < 1.29 is 5.11 Å². The van der Waals surface area contributed by atoms with Crippen LogP contribution in [0.4, 0.5) is 5.82 Å². The van der Waals surface area contributed by atoms with Crippen LogP contribution >= 0.6 is 0 Å². The average molecular weight is 256 g/mol. The van der Waals surface area contributed by atoms with Gasteiger partial charge in [-0.25, -0.2) is 4.98 Å². The maximum Gasteiger partial charge on any atom is 0.134 e. The van der Waals surface area contributed by atoms with Crippen molar-refractivity contribution in [2.45, 2.75) is 26.5 Å². The van der Waals surface area contributed by atoms with Crippen molar-refractivity contribution in [2.24, 2.45) is 0 Å². The van der Waals surface area contributed by atoms with E-state index in [4.69, 9.17) is 0 Å². The molecular weight excluding hydrogens is 236 g/mol. The lowest BCUT2D eigenvalue weighted by molar-refractivity contribution is 0.199. The van der Waals surface area contributed by atoms with Crippen LogP contribution in [0.5, 0.6) is 0 Å². The molecule has 1 heterocycles. The first kappa shape index (κ1) is 13.6. The van der Waals surface area contributed by atoms with Crippen molar-refractivity contribution in [3.8, 4) is 0 Å². The zero-order valence-corrected chi connectivity index (χ0v) is 11.7. The summed E-state index contributed by atoms with van der Waals surface area (Å²) in [7, 11) is 1.99. The monoisotopic (exact) mass is 256 g/mol. The Balaban J connectivity index is 2.20. The molecule has 0 unspecified atom stereocenters. The van der Waals surface area contributed by atoms with Gasteiger partial charge in [0.15, 0.2) is 0 Å². The Kier molecular flexibility index (Phi) is 4.17. The van der Waals surface area contributed by atoms with Gasteiger partial charge in [-0.1, -0.05) is 35.9 Å². The van der Waals surface area contributed by atoms with Crippen molar-refractivity contribution in [3.63, 3.8) is 0 Å². The molecule has 0 saturated heterocycles. The van der Waals surface area contributed by atoms with Crippen molar-refractivity contribution in [1.82, 2.24) is 4.98 Å². The molecule has 0 fully saturated rings. The number of benzene rings is 1. The molecule has 0 aliphatic heterocycles. The highest BCUT2D eigenvalue weighted by Crippen LogP contribution is 2.23. The maximum absolute atomic E-state index is 9.79. The Morgan fingerprint density at radius 2 is 1.89 bits per heavy atom. The van der Waals surface area contributed by atoms with Crippen LogP contribution in [0.1, 0.15) is 29.7 Å². The topological polar surface area (TPSA) is 36.4 Å². The summed E-state index contributed by atoms with van der Waals surface area (Å²) in [6.07, 6.45) is 1.25. The van der Waals surface area contributed by atoms with Crippen molar-refractivity contribution in [1.29, 1.82) is 0 Å². The van der Waals surface area contributed by atoms with Crippen LogP contribution in [0.15, 0.2) is 42.6 Å². The molecule has 1 N–H and O–H groups in total. The molecule has 0 aliphatic rings. The molecular formula is C16H20N2O. The predicted molar refractivity (Wildman–Crippen MR) is 78.2 cm³/mol. The first-order valence-electron chi connectivity index (χ1n) is 6.47. The zero-order valence-electron chi connectivity index (χ0n) is 11.7. The lowest BCUT2D eigenvalue weighted by atomic mass is 10.1. The fourth-order valence-corrected chi connectivity index (χ4v) is 2.10. The van der Waals surface area contributed by atoms with Gasteiger partial charge in [-0.05, 0) is 25.5 Å². The third-order valence-corrected chi connectivity index (χ3v) is 3.17. The summed E-state index contributed by atoms with van der Waals surface area (Å²) in [5, 5.41) is 9.79. The molecule has 100 valence electrons. The minimum absolute atomic E-state index is 0.510. The molecule has 0 radical (unpaired) electrons. The number of hydrogen-bond acceptors (Lipinski definition) is 3. The van der Waals surface area contributed by atoms with Crippen LogP contribution in [-0.2, 0) is 6.54 Å². The van der Waals surface area contributed by atoms with E-state index < -0.39 is 6.10 Å². The van der Waals surface area contributed by atoms with Gasteiger partial charge >= 0.3 is 0 Å². The van der Waals surface area contributed by atoms with E-state index in [1.807, 2.05) is 19.2 Å². The summed E-state index contributed by atoms with van der Waals surface area (Å²) in [4.78, 5) is 6.44. The first-order valence-corrected chi connectivity index (χ1v) is 6.47. The van der Waals surface area contributed by atoms with E-state index in [9.17, 15) is 5.11 Å². The third kappa shape index (κ3) is 3.32. The molecule has 0 bridgehead atoms. The second kappa shape index (κ2) is 5.85. The van der Waals surface area contributed by atoms with Gasteiger partial charge in [-0.2, -0.15) is 0 Å². The van der Waals surface area contributed by atoms with Crippen LogP contribution in [0.2, 0.25) is 0 Å². The zero-order chi connectivity index (χ0) is 13.8. The van der Waals surface area contributed by atoms with E-state index in [-0.39, 0.29) is 0 Å². The second-order valence-corrected chi connectivity index (χ2v) is 4.93. The molecule has 19 heavy (non-hydrogen) atoms. The molecule has 0 amide bonds. The lowest BCUT2D eigenvalue weighted by Crippen LogP contribution is -2.20. The van der Waals surface area contributed by atoms with Crippen LogP contribution < -0.4 is 4.90 Å². The fraction of sp³-hybridized carbons (Fsp3) is 0.312. The first-order chi connectivity index (χ1) is 9.08. The number of nitrogens with zero attached hydrogens (tertiary/aromatic N) is 2. The van der Waals surface area contributed by atoms with Crippen LogP contribution in [-0.4, -0.2) is 17.1 Å². The van der Waals surface area contributed by atoms with E-state index in [2.05, 4.69) is 41.1 Å². The number of aromatic nitrogens is 1. The smallest absolute Gasteiger partial charge is 0.134 e. The van der Waals surface area contributed by atoms with Crippen LogP contribution in [0, 0.1) is 6.92 Å². The van der Waals surface area contributed by atoms with Crippen LogP contribution in [0.3, 0.4) is 0 Å². The Morgan fingerprint density at radius 1 is 1.21 bits per heavy atom. The number of anilines is 1. The minimum atomic E-state index is -0.510. The Bertz CT molecular complexity index is 535. The highest BCUT2D eigenvalue weighted by Gasteiger charge is 2.12. The molecule has 3 nitrogen and oxygen atoms in total. The number of rotatable bonds is 4. The third-order valence-electron chi connectivity index (χ3n) is 3.17. The van der Waals surface area contributed by atoms with Gasteiger partial charge < -0.3 is 10.0 Å². The highest BCUT2D eigenvalue weighted by molar-refractivity contribution is 5.47. The van der Waals surface area contributed by atoms with Gasteiger partial charge in [0.05, 0.1) is 6.10 Å². The summed E-state index contributed by atoms with van der Waals surface area (Å²) in [6, 6.07) is 12.2.